The highest BCUT2D eigenvalue weighted by Crippen LogP contribution is 2.24. The van der Waals surface area contributed by atoms with Crippen molar-refractivity contribution < 1.29 is 17.5 Å². The van der Waals surface area contributed by atoms with Crippen LogP contribution in [0.3, 0.4) is 0 Å². The molecule has 2 heterocycles. The molecule has 0 bridgehead atoms. The summed E-state index contributed by atoms with van der Waals surface area (Å²) in [6, 6.07) is 9.71. The van der Waals surface area contributed by atoms with Crippen LogP contribution in [0.15, 0.2) is 51.6 Å². The normalized spacial score (nSPS) is 13.9. The lowest BCUT2D eigenvalue weighted by atomic mass is 10.1. The van der Waals surface area contributed by atoms with Crippen LogP contribution >= 0.6 is 0 Å². The fourth-order valence-corrected chi connectivity index (χ4v) is 3.10. The molecule has 0 fully saturated rings. The molecule has 0 saturated heterocycles. The van der Waals surface area contributed by atoms with Gasteiger partial charge in [-0.05, 0) is 25.1 Å². The molecule has 0 saturated carbocycles. The molecule has 0 aliphatic heterocycles. The number of halogens is 1. The second-order valence-corrected chi connectivity index (χ2v) is 6.44. The highest BCUT2D eigenvalue weighted by molar-refractivity contribution is 7.84. The van der Waals surface area contributed by atoms with E-state index >= 15 is 0 Å². The first-order chi connectivity index (χ1) is 10.6. The van der Waals surface area contributed by atoms with Crippen LogP contribution in [-0.4, -0.2) is 14.3 Å². The van der Waals surface area contributed by atoms with Gasteiger partial charge in [-0.15, -0.1) is 0 Å². The van der Waals surface area contributed by atoms with Gasteiger partial charge in [-0.1, -0.05) is 23.4 Å². The molecule has 0 amide bonds. The Morgan fingerprint density at radius 1 is 1.27 bits per heavy atom. The zero-order valence-corrected chi connectivity index (χ0v) is 12.5. The molecule has 1 aromatic carbocycles. The highest BCUT2D eigenvalue weighted by Gasteiger charge is 2.20. The second-order valence-electron chi connectivity index (χ2n) is 4.68. The molecule has 0 aliphatic rings. The Balaban J connectivity index is 1.73. The third kappa shape index (κ3) is 2.99. The Morgan fingerprint density at radius 2 is 2.09 bits per heavy atom. The zero-order chi connectivity index (χ0) is 15.5. The van der Waals surface area contributed by atoms with Crippen molar-refractivity contribution in [3.63, 3.8) is 0 Å². The van der Waals surface area contributed by atoms with E-state index in [2.05, 4.69) is 10.1 Å². The predicted octanol–water partition coefficient (Wildman–Crippen LogP) is 3.48. The van der Waals surface area contributed by atoms with Crippen molar-refractivity contribution in [2.45, 2.75) is 17.9 Å². The summed E-state index contributed by atoms with van der Waals surface area (Å²) in [5.41, 5.74) is 0.409. The van der Waals surface area contributed by atoms with E-state index in [1.165, 1.54) is 12.3 Å². The van der Waals surface area contributed by atoms with E-state index in [9.17, 15) is 8.60 Å². The van der Waals surface area contributed by atoms with Gasteiger partial charge in [-0.3, -0.25) is 4.21 Å². The number of hydrogen-bond acceptors (Lipinski definition) is 5. The molecule has 0 unspecified atom stereocenters. The first-order valence-corrected chi connectivity index (χ1v) is 8.01. The maximum atomic E-state index is 13.7. The van der Waals surface area contributed by atoms with Crippen LogP contribution in [0.4, 0.5) is 4.39 Å². The Hall–Kier alpha value is -2.28. The molecule has 2 atom stereocenters. The molecule has 7 heteroatoms. The predicted molar refractivity (Wildman–Crippen MR) is 78.7 cm³/mol. The van der Waals surface area contributed by atoms with Crippen LogP contribution in [0, 0.1) is 5.82 Å². The number of nitrogens with zero attached hydrogens (tertiary/aromatic N) is 2. The van der Waals surface area contributed by atoms with Crippen molar-refractivity contribution in [3.05, 3.63) is 59.9 Å². The van der Waals surface area contributed by atoms with Gasteiger partial charge in [0.2, 0.25) is 11.7 Å². The van der Waals surface area contributed by atoms with Crippen LogP contribution < -0.4 is 0 Å². The van der Waals surface area contributed by atoms with Crippen molar-refractivity contribution in [2.75, 3.05) is 0 Å². The fraction of sp³-hybridized carbons (Fsp3) is 0.200. The van der Waals surface area contributed by atoms with Gasteiger partial charge in [0.1, 0.15) is 11.6 Å². The lowest BCUT2D eigenvalue weighted by molar-refractivity contribution is 0.389. The molecule has 3 rings (SSSR count). The Morgan fingerprint density at radius 3 is 2.82 bits per heavy atom. The first kappa shape index (κ1) is 14.6. The van der Waals surface area contributed by atoms with Crippen molar-refractivity contribution in [1.82, 2.24) is 10.1 Å². The van der Waals surface area contributed by atoms with Gasteiger partial charge < -0.3 is 8.94 Å². The number of benzene rings is 1. The zero-order valence-electron chi connectivity index (χ0n) is 11.7. The van der Waals surface area contributed by atoms with E-state index in [1.807, 2.05) is 0 Å². The molecule has 3 aromatic rings. The number of furan rings is 1. The van der Waals surface area contributed by atoms with Crippen molar-refractivity contribution in [1.29, 1.82) is 0 Å². The minimum Gasteiger partial charge on any atom is -0.461 e. The monoisotopic (exact) mass is 320 g/mol. The summed E-state index contributed by atoms with van der Waals surface area (Å²) < 4.78 is 36.3. The Kier molecular flexibility index (Phi) is 4.15. The number of aromatic nitrogens is 2. The van der Waals surface area contributed by atoms with Crippen LogP contribution in [-0.2, 0) is 16.6 Å². The highest BCUT2D eigenvalue weighted by atomic mass is 32.2. The first-order valence-electron chi connectivity index (χ1n) is 6.63. The van der Waals surface area contributed by atoms with E-state index < -0.39 is 16.0 Å². The summed E-state index contributed by atoms with van der Waals surface area (Å²) in [5.74, 6) is 0.694. The maximum absolute atomic E-state index is 13.7. The van der Waals surface area contributed by atoms with Gasteiger partial charge in [-0.2, -0.15) is 4.98 Å². The van der Waals surface area contributed by atoms with E-state index in [0.717, 1.165) is 0 Å². The summed E-state index contributed by atoms with van der Waals surface area (Å²) in [7, 11) is -1.38. The van der Waals surface area contributed by atoms with Gasteiger partial charge >= 0.3 is 0 Å². The molecule has 2 aromatic heterocycles. The number of hydrogen-bond donors (Lipinski definition) is 0. The summed E-state index contributed by atoms with van der Waals surface area (Å²) in [4.78, 5) is 4.13. The fourth-order valence-electron chi connectivity index (χ4n) is 2.01. The molecular formula is C15H13FN2O3S. The molecule has 0 radical (unpaired) electrons. The van der Waals surface area contributed by atoms with Crippen LogP contribution in [0.25, 0.3) is 11.6 Å². The van der Waals surface area contributed by atoms with Gasteiger partial charge in [0, 0.05) is 16.4 Å². The van der Waals surface area contributed by atoms with Gasteiger partial charge in [0.15, 0.2) is 5.76 Å². The Labute approximate surface area is 128 Å². The largest absolute Gasteiger partial charge is 0.461 e. The SMILES string of the molecule is C[C@@H](c1ccccc1F)[S@@](=O)Cc1nc(-c2ccco2)no1. The van der Waals surface area contributed by atoms with Crippen molar-refractivity contribution in [3.8, 4) is 11.6 Å². The van der Waals surface area contributed by atoms with Gasteiger partial charge in [0.05, 0.1) is 11.5 Å². The average Bonchev–Trinajstić information content (AvgIpc) is 3.17. The van der Waals surface area contributed by atoms with Gasteiger partial charge in [-0.25, -0.2) is 4.39 Å². The third-order valence-corrected chi connectivity index (χ3v) is 4.79. The summed E-state index contributed by atoms with van der Waals surface area (Å²) >= 11 is 0. The standard InChI is InChI=1S/C15H13FN2O3S/c1-10(11-5-2-3-6-12(11)16)22(19)9-14-17-15(18-21-14)13-7-4-8-20-13/h2-8,10H,9H2,1H3/t10-,22-/m0/s1. The maximum Gasteiger partial charge on any atom is 0.239 e. The minimum atomic E-state index is -1.38. The molecular weight excluding hydrogens is 307 g/mol. The minimum absolute atomic E-state index is 0.0587. The van der Waals surface area contributed by atoms with Crippen molar-refractivity contribution in [2.24, 2.45) is 0 Å². The summed E-state index contributed by atoms with van der Waals surface area (Å²) in [6.07, 6.45) is 1.50. The van der Waals surface area contributed by atoms with Crippen LogP contribution in [0.5, 0.6) is 0 Å². The van der Waals surface area contributed by atoms with Crippen LogP contribution in [0.2, 0.25) is 0 Å². The lowest BCUT2D eigenvalue weighted by Gasteiger charge is -2.11. The number of rotatable bonds is 5. The molecule has 0 spiro atoms. The third-order valence-electron chi connectivity index (χ3n) is 3.21. The molecule has 0 aliphatic carbocycles. The van der Waals surface area contributed by atoms with Gasteiger partial charge in [0.25, 0.3) is 0 Å². The van der Waals surface area contributed by atoms with Crippen molar-refractivity contribution >= 4 is 10.8 Å². The quantitative estimate of drug-likeness (QED) is 0.720. The summed E-state index contributed by atoms with van der Waals surface area (Å²) in [5, 5.41) is 3.30. The topological polar surface area (TPSA) is 69.1 Å². The average molecular weight is 320 g/mol. The van der Waals surface area contributed by atoms with E-state index in [4.69, 9.17) is 8.94 Å². The van der Waals surface area contributed by atoms with E-state index in [0.29, 0.717) is 17.1 Å². The van der Waals surface area contributed by atoms with Crippen LogP contribution in [0.1, 0.15) is 23.6 Å². The van der Waals surface area contributed by atoms with E-state index in [1.54, 1.807) is 37.3 Å². The smallest absolute Gasteiger partial charge is 0.239 e. The summed E-state index contributed by atoms with van der Waals surface area (Å²) in [6.45, 7) is 1.71. The second kappa shape index (κ2) is 6.23. The lowest BCUT2D eigenvalue weighted by Crippen LogP contribution is -2.07. The molecule has 5 nitrogen and oxygen atoms in total. The molecule has 22 heavy (non-hydrogen) atoms. The molecule has 114 valence electrons. The van der Waals surface area contributed by atoms with E-state index in [-0.39, 0.29) is 17.5 Å². The molecule has 0 N–H and O–H groups in total. The Bertz CT molecular complexity index is 786.